The minimum Gasteiger partial charge on any atom is -0.493 e. The third-order valence-electron chi connectivity index (χ3n) is 5.05. The molecule has 2 unspecified atom stereocenters. The van der Waals surface area contributed by atoms with Gasteiger partial charge < -0.3 is 25.3 Å². The van der Waals surface area contributed by atoms with Crippen molar-refractivity contribution in [2.24, 2.45) is 5.92 Å². The van der Waals surface area contributed by atoms with Crippen LogP contribution in [0.3, 0.4) is 0 Å². The third-order valence-corrected chi connectivity index (χ3v) is 5.05. The standard InChI is InChI=1S/C21H23N3O7/c1-11-22-17-9-12(8-15(17)20(28)23-11)10-31-14-4-2-13(3-5-14)19(27)24-16(21(29)30)6-7-18(25)26/h2-5,12,16H,6-10H2,1H3,(H,24,27)(H,25,26)(H,29,30)(H,22,23,28). The lowest BCUT2D eigenvalue weighted by Gasteiger charge is -2.14. The molecule has 0 saturated heterocycles. The van der Waals surface area contributed by atoms with Gasteiger partial charge in [-0.25, -0.2) is 9.78 Å². The fourth-order valence-electron chi connectivity index (χ4n) is 3.48. The van der Waals surface area contributed by atoms with Gasteiger partial charge in [0.05, 0.1) is 12.3 Å². The number of ether oxygens (including phenoxy) is 1. The number of aromatic nitrogens is 2. The molecule has 0 bridgehead atoms. The predicted octanol–water partition coefficient (Wildman–Crippen LogP) is 0.920. The number of aromatic amines is 1. The molecular weight excluding hydrogens is 406 g/mol. The van der Waals surface area contributed by atoms with Gasteiger partial charge in [0.15, 0.2) is 0 Å². The number of nitrogens with one attached hydrogen (secondary N) is 2. The number of carbonyl (C=O) groups excluding carboxylic acids is 1. The van der Waals surface area contributed by atoms with E-state index in [1.54, 1.807) is 19.1 Å². The molecule has 1 aromatic heterocycles. The first-order chi connectivity index (χ1) is 14.7. The molecule has 0 aliphatic heterocycles. The number of carboxylic acid groups (broad SMARTS) is 2. The molecule has 0 spiro atoms. The van der Waals surface area contributed by atoms with E-state index in [1.807, 2.05) is 0 Å². The maximum absolute atomic E-state index is 12.3. The molecule has 1 aliphatic rings. The number of hydrogen-bond donors (Lipinski definition) is 4. The Labute approximate surface area is 177 Å². The smallest absolute Gasteiger partial charge is 0.326 e. The lowest BCUT2D eigenvalue weighted by Crippen LogP contribution is -2.41. The molecular formula is C21H23N3O7. The number of fused-ring (bicyclic) bond motifs is 1. The second kappa shape index (κ2) is 9.41. The number of H-pyrrole nitrogens is 1. The largest absolute Gasteiger partial charge is 0.493 e. The van der Waals surface area contributed by atoms with Gasteiger partial charge in [-0.3, -0.25) is 14.4 Å². The van der Waals surface area contributed by atoms with Crippen molar-refractivity contribution in [1.82, 2.24) is 15.3 Å². The average molecular weight is 429 g/mol. The molecule has 2 aromatic rings. The lowest BCUT2D eigenvalue weighted by molar-refractivity contribution is -0.140. The molecule has 31 heavy (non-hydrogen) atoms. The van der Waals surface area contributed by atoms with E-state index in [0.29, 0.717) is 36.6 Å². The molecule has 0 radical (unpaired) electrons. The molecule has 1 heterocycles. The number of carbonyl (C=O) groups is 3. The zero-order chi connectivity index (χ0) is 22.5. The number of aliphatic carboxylic acids is 2. The summed E-state index contributed by atoms with van der Waals surface area (Å²) in [5.41, 5.74) is 1.62. The van der Waals surface area contributed by atoms with E-state index in [-0.39, 0.29) is 29.9 Å². The van der Waals surface area contributed by atoms with Crippen LogP contribution in [0.15, 0.2) is 29.1 Å². The van der Waals surface area contributed by atoms with Gasteiger partial charge in [0.25, 0.3) is 11.5 Å². The van der Waals surface area contributed by atoms with Crippen molar-refractivity contribution in [2.75, 3.05) is 6.61 Å². The van der Waals surface area contributed by atoms with E-state index in [2.05, 4.69) is 15.3 Å². The zero-order valence-electron chi connectivity index (χ0n) is 16.9. The summed E-state index contributed by atoms with van der Waals surface area (Å²) < 4.78 is 5.78. The van der Waals surface area contributed by atoms with E-state index in [1.165, 1.54) is 12.1 Å². The maximum atomic E-state index is 12.3. The van der Waals surface area contributed by atoms with E-state index in [0.717, 1.165) is 5.69 Å². The van der Waals surface area contributed by atoms with Crippen LogP contribution in [-0.2, 0) is 22.4 Å². The second-order valence-corrected chi connectivity index (χ2v) is 7.48. The molecule has 0 saturated carbocycles. The van der Waals surface area contributed by atoms with Crippen molar-refractivity contribution >= 4 is 17.8 Å². The summed E-state index contributed by atoms with van der Waals surface area (Å²) in [6.07, 6.45) is 0.674. The highest BCUT2D eigenvalue weighted by molar-refractivity contribution is 5.96. The first kappa shape index (κ1) is 22.0. The Kier molecular flexibility index (Phi) is 6.68. The van der Waals surface area contributed by atoms with E-state index >= 15 is 0 Å². The number of aryl methyl sites for hydroxylation is 1. The summed E-state index contributed by atoms with van der Waals surface area (Å²) >= 11 is 0. The Morgan fingerprint density at radius 1 is 1.23 bits per heavy atom. The van der Waals surface area contributed by atoms with Crippen molar-refractivity contribution in [3.05, 3.63) is 57.3 Å². The molecule has 1 aliphatic carbocycles. The van der Waals surface area contributed by atoms with Gasteiger partial charge in [-0.15, -0.1) is 0 Å². The van der Waals surface area contributed by atoms with Crippen LogP contribution in [0.2, 0.25) is 0 Å². The molecule has 10 heteroatoms. The molecule has 10 nitrogen and oxygen atoms in total. The Balaban J connectivity index is 1.54. The van der Waals surface area contributed by atoms with Crippen LogP contribution >= 0.6 is 0 Å². The molecule has 4 N–H and O–H groups in total. The first-order valence-corrected chi connectivity index (χ1v) is 9.80. The van der Waals surface area contributed by atoms with Crippen molar-refractivity contribution in [3.8, 4) is 5.75 Å². The maximum Gasteiger partial charge on any atom is 0.326 e. The summed E-state index contributed by atoms with van der Waals surface area (Å²) in [4.78, 5) is 53.2. The van der Waals surface area contributed by atoms with E-state index in [9.17, 15) is 19.2 Å². The Bertz CT molecular complexity index is 1050. The van der Waals surface area contributed by atoms with Gasteiger partial charge in [-0.2, -0.15) is 0 Å². The number of hydrogen-bond acceptors (Lipinski definition) is 6. The topological polar surface area (TPSA) is 159 Å². The van der Waals surface area contributed by atoms with Gasteiger partial charge in [-0.05, 0) is 50.5 Å². The van der Waals surface area contributed by atoms with Crippen LogP contribution in [0, 0.1) is 12.8 Å². The number of benzene rings is 1. The molecule has 3 rings (SSSR count). The quantitative estimate of drug-likeness (QED) is 0.458. The number of amides is 1. The number of nitrogens with zero attached hydrogens (tertiary/aromatic N) is 1. The van der Waals surface area contributed by atoms with Crippen LogP contribution in [0.4, 0.5) is 0 Å². The Morgan fingerprint density at radius 3 is 2.58 bits per heavy atom. The second-order valence-electron chi connectivity index (χ2n) is 7.48. The van der Waals surface area contributed by atoms with Crippen LogP contribution in [-0.4, -0.2) is 50.7 Å². The summed E-state index contributed by atoms with van der Waals surface area (Å²) in [5, 5.41) is 20.2. The van der Waals surface area contributed by atoms with Crippen LogP contribution in [0.1, 0.15) is 40.3 Å². The molecule has 164 valence electrons. The van der Waals surface area contributed by atoms with Crippen LogP contribution in [0.5, 0.6) is 5.75 Å². The first-order valence-electron chi connectivity index (χ1n) is 9.80. The van der Waals surface area contributed by atoms with Gasteiger partial charge in [0, 0.05) is 23.5 Å². The summed E-state index contributed by atoms with van der Waals surface area (Å²) in [7, 11) is 0. The summed E-state index contributed by atoms with van der Waals surface area (Å²) in [6, 6.07) is 4.90. The highest BCUT2D eigenvalue weighted by Gasteiger charge is 2.26. The van der Waals surface area contributed by atoms with Gasteiger partial charge in [-0.1, -0.05) is 0 Å². The van der Waals surface area contributed by atoms with Crippen LogP contribution < -0.4 is 15.6 Å². The SMILES string of the molecule is Cc1nc2c(c(=O)[nH]1)CC(COc1ccc(C(=O)NC(CCC(=O)O)C(=O)O)cc1)C2. The van der Waals surface area contributed by atoms with Crippen molar-refractivity contribution in [2.45, 2.75) is 38.6 Å². The predicted molar refractivity (Wildman–Crippen MR) is 108 cm³/mol. The summed E-state index contributed by atoms with van der Waals surface area (Å²) in [6.45, 7) is 2.13. The third kappa shape index (κ3) is 5.68. The Morgan fingerprint density at radius 2 is 1.94 bits per heavy atom. The highest BCUT2D eigenvalue weighted by Crippen LogP contribution is 2.23. The molecule has 0 fully saturated rings. The zero-order valence-corrected chi connectivity index (χ0v) is 16.9. The summed E-state index contributed by atoms with van der Waals surface area (Å²) in [5.74, 6) is -1.80. The molecule has 1 amide bonds. The fraction of sp³-hybridized carbons (Fsp3) is 0.381. The number of rotatable bonds is 9. The lowest BCUT2D eigenvalue weighted by atomic mass is 10.1. The minimum absolute atomic E-state index is 0.108. The normalized spacial score (nSPS) is 15.7. The van der Waals surface area contributed by atoms with E-state index < -0.39 is 23.9 Å². The van der Waals surface area contributed by atoms with Crippen LogP contribution in [0.25, 0.3) is 0 Å². The Hall–Kier alpha value is -3.69. The highest BCUT2D eigenvalue weighted by atomic mass is 16.5. The molecule has 2 atom stereocenters. The average Bonchev–Trinajstić information content (AvgIpc) is 3.12. The van der Waals surface area contributed by atoms with Crippen molar-refractivity contribution < 1.29 is 29.3 Å². The fourth-order valence-corrected chi connectivity index (χ4v) is 3.48. The minimum atomic E-state index is -1.30. The van der Waals surface area contributed by atoms with Crippen molar-refractivity contribution in [1.29, 1.82) is 0 Å². The van der Waals surface area contributed by atoms with E-state index in [4.69, 9.17) is 14.9 Å². The number of carboxylic acids is 2. The van der Waals surface area contributed by atoms with Crippen molar-refractivity contribution in [3.63, 3.8) is 0 Å². The monoisotopic (exact) mass is 429 g/mol. The van der Waals surface area contributed by atoms with Gasteiger partial charge >= 0.3 is 11.9 Å². The molecule has 1 aromatic carbocycles. The van der Waals surface area contributed by atoms with Gasteiger partial charge in [0.2, 0.25) is 0 Å². The van der Waals surface area contributed by atoms with Gasteiger partial charge in [0.1, 0.15) is 17.6 Å².